The lowest BCUT2D eigenvalue weighted by atomic mass is 9.96. The van der Waals surface area contributed by atoms with E-state index >= 15 is 0 Å². The Hall–Kier alpha value is -2.64. The maximum Gasteiger partial charge on any atom is 0.245 e. The van der Waals surface area contributed by atoms with E-state index in [0.29, 0.717) is 11.9 Å². The number of carbonyl (C=O) groups excluding carboxylic acids is 1. The molecular weight excluding hydrogens is 426 g/mol. The van der Waals surface area contributed by atoms with Gasteiger partial charge in [0.25, 0.3) is 0 Å². The second kappa shape index (κ2) is 9.55. The summed E-state index contributed by atoms with van der Waals surface area (Å²) in [4.78, 5) is 27.7. The number of hydrogen-bond acceptors (Lipinski definition) is 6. The summed E-state index contributed by atoms with van der Waals surface area (Å²) >= 11 is 0. The average Bonchev–Trinajstić information content (AvgIpc) is 3.66. The number of aromatic amines is 1. The zero-order chi connectivity index (χ0) is 22.9. The molecule has 0 radical (unpaired) electrons. The molecule has 1 saturated carbocycles. The number of aryl methyl sites for hydroxylation is 1. The van der Waals surface area contributed by atoms with E-state index in [9.17, 15) is 4.79 Å². The largest absolute Gasteiger partial charge is 0.341 e. The van der Waals surface area contributed by atoms with E-state index < -0.39 is 0 Å². The van der Waals surface area contributed by atoms with E-state index in [0.717, 1.165) is 88.3 Å². The van der Waals surface area contributed by atoms with E-state index in [-0.39, 0.29) is 11.9 Å². The Kier molecular flexibility index (Phi) is 6.14. The standard InChI is InChI=1S/C26H37N7O/c34-25(32-14-6-1-7-15-32)22-13-8-16-33(22)26-27-20-12-5-4-11-19(20)24(29-26)28-23-17-21(30-31-23)18-9-2-3-10-18/h17-18,22H,1-16H2,(H2,27,28,29,30,31)/t22-/m1/s1. The van der Waals surface area contributed by atoms with Crippen LogP contribution < -0.4 is 10.2 Å². The lowest BCUT2D eigenvalue weighted by Crippen LogP contribution is -2.48. The molecular formula is C26H37N7O. The lowest BCUT2D eigenvalue weighted by molar-refractivity contribution is -0.133. The van der Waals surface area contributed by atoms with Crippen LogP contribution in [0.3, 0.4) is 0 Å². The summed E-state index contributed by atoms with van der Waals surface area (Å²) in [6.07, 6.45) is 14.8. The Labute approximate surface area is 201 Å². The SMILES string of the molecule is O=C([C@H]1CCCN1c1nc2c(c(Nc3cc(C4CCCC4)[nH]n3)n1)CCCC2)N1CCCCC1. The summed E-state index contributed by atoms with van der Waals surface area (Å²) in [5.41, 5.74) is 3.59. The van der Waals surface area contributed by atoms with Crippen LogP contribution in [0.15, 0.2) is 6.07 Å². The zero-order valence-corrected chi connectivity index (χ0v) is 20.2. The smallest absolute Gasteiger partial charge is 0.245 e. The molecule has 4 aliphatic rings. The van der Waals surface area contributed by atoms with Crippen molar-refractivity contribution in [1.82, 2.24) is 25.1 Å². The molecule has 2 aromatic rings. The topological polar surface area (TPSA) is 90.0 Å². The maximum absolute atomic E-state index is 13.4. The monoisotopic (exact) mass is 463 g/mol. The molecule has 0 bridgehead atoms. The summed E-state index contributed by atoms with van der Waals surface area (Å²) < 4.78 is 0. The van der Waals surface area contributed by atoms with Gasteiger partial charge in [0.15, 0.2) is 5.82 Å². The number of aromatic nitrogens is 4. The van der Waals surface area contributed by atoms with E-state index in [1.54, 1.807) is 0 Å². The van der Waals surface area contributed by atoms with Gasteiger partial charge in [-0.2, -0.15) is 10.1 Å². The van der Waals surface area contributed by atoms with Gasteiger partial charge in [-0.15, -0.1) is 0 Å². The molecule has 1 amide bonds. The molecule has 3 fully saturated rings. The number of nitrogens with zero attached hydrogens (tertiary/aromatic N) is 5. The molecule has 2 N–H and O–H groups in total. The van der Waals surface area contributed by atoms with Crippen LogP contribution in [0, 0.1) is 0 Å². The molecule has 1 atom stereocenters. The Morgan fingerprint density at radius 2 is 1.74 bits per heavy atom. The van der Waals surface area contributed by atoms with E-state index in [2.05, 4.69) is 31.4 Å². The average molecular weight is 464 g/mol. The molecule has 34 heavy (non-hydrogen) atoms. The number of nitrogens with one attached hydrogen (secondary N) is 2. The highest BCUT2D eigenvalue weighted by Gasteiger charge is 2.36. The van der Waals surface area contributed by atoms with Crippen molar-refractivity contribution in [3.8, 4) is 0 Å². The summed E-state index contributed by atoms with van der Waals surface area (Å²) in [6, 6.07) is 2.03. The third-order valence-corrected chi connectivity index (χ3v) is 8.27. The fourth-order valence-corrected chi connectivity index (χ4v) is 6.37. The molecule has 2 aliphatic carbocycles. The second-order valence-corrected chi connectivity index (χ2v) is 10.6. The number of anilines is 3. The summed E-state index contributed by atoms with van der Waals surface area (Å²) in [7, 11) is 0. The number of H-pyrrole nitrogens is 1. The van der Waals surface area contributed by atoms with Crippen molar-refractivity contribution in [3.63, 3.8) is 0 Å². The molecule has 0 aromatic carbocycles. The fourth-order valence-electron chi connectivity index (χ4n) is 6.37. The first-order chi connectivity index (χ1) is 16.8. The molecule has 4 heterocycles. The van der Waals surface area contributed by atoms with Crippen LogP contribution in [-0.4, -0.2) is 56.6 Å². The van der Waals surface area contributed by atoms with Crippen LogP contribution in [0.1, 0.15) is 93.5 Å². The first kappa shape index (κ1) is 21.9. The van der Waals surface area contributed by atoms with Gasteiger partial charge < -0.3 is 15.1 Å². The van der Waals surface area contributed by atoms with Crippen molar-refractivity contribution in [1.29, 1.82) is 0 Å². The first-order valence-electron chi connectivity index (χ1n) is 13.5. The summed E-state index contributed by atoms with van der Waals surface area (Å²) in [6.45, 7) is 2.63. The minimum atomic E-state index is -0.132. The Morgan fingerprint density at radius 1 is 0.912 bits per heavy atom. The van der Waals surface area contributed by atoms with Crippen LogP contribution in [0.5, 0.6) is 0 Å². The summed E-state index contributed by atoms with van der Waals surface area (Å²) in [5.74, 6) is 3.29. The van der Waals surface area contributed by atoms with Crippen molar-refractivity contribution >= 4 is 23.5 Å². The number of carbonyl (C=O) groups is 1. The highest BCUT2D eigenvalue weighted by molar-refractivity contribution is 5.85. The van der Waals surface area contributed by atoms with E-state index in [1.165, 1.54) is 43.4 Å². The molecule has 6 rings (SSSR count). The number of likely N-dealkylation sites (tertiary alicyclic amines) is 1. The summed E-state index contributed by atoms with van der Waals surface area (Å²) in [5, 5.41) is 11.4. The molecule has 182 valence electrons. The van der Waals surface area contributed by atoms with Gasteiger partial charge in [0.1, 0.15) is 11.9 Å². The van der Waals surface area contributed by atoms with Gasteiger partial charge in [-0.25, -0.2) is 4.98 Å². The second-order valence-electron chi connectivity index (χ2n) is 10.6. The predicted octanol–water partition coefficient (Wildman–Crippen LogP) is 4.46. The van der Waals surface area contributed by atoms with Crippen LogP contribution in [0.4, 0.5) is 17.6 Å². The molecule has 2 aromatic heterocycles. The minimum absolute atomic E-state index is 0.132. The van der Waals surface area contributed by atoms with Gasteiger partial charge in [-0.3, -0.25) is 9.89 Å². The van der Waals surface area contributed by atoms with Crippen molar-refractivity contribution in [2.24, 2.45) is 0 Å². The lowest BCUT2D eigenvalue weighted by Gasteiger charge is -2.33. The van der Waals surface area contributed by atoms with Crippen molar-refractivity contribution < 1.29 is 4.79 Å². The van der Waals surface area contributed by atoms with Crippen molar-refractivity contribution in [2.45, 2.75) is 95.4 Å². The zero-order valence-electron chi connectivity index (χ0n) is 20.2. The highest BCUT2D eigenvalue weighted by atomic mass is 16.2. The number of hydrogen-bond donors (Lipinski definition) is 2. The Bertz CT molecular complexity index is 1020. The number of amides is 1. The molecule has 2 aliphatic heterocycles. The number of fused-ring (bicyclic) bond motifs is 1. The maximum atomic E-state index is 13.4. The Morgan fingerprint density at radius 3 is 2.59 bits per heavy atom. The first-order valence-corrected chi connectivity index (χ1v) is 13.5. The quantitative estimate of drug-likeness (QED) is 0.680. The van der Waals surface area contributed by atoms with Crippen LogP contribution in [-0.2, 0) is 17.6 Å². The van der Waals surface area contributed by atoms with Gasteiger partial charge >= 0.3 is 0 Å². The van der Waals surface area contributed by atoms with Gasteiger partial charge in [0.2, 0.25) is 11.9 Å². The number of piperidine rings is 1. The normalized spacial score (nSPS) is 23.4. The molecule has 8 nitrogen and oxygen atoms in total. The molecule has 0 spiro atoms. The van der Waals surface area contributed by atoms with Crippen molar-refractivity contribution in [2.75, 3.05) is 29.9 Å². The third-order valence-electron chi connectivity index (χ3n) is 8.27. The van der Waals surface area contributed by atoms with Gasteiger partial charge in [-0.05, 0) is 70.6 Å². The molecule has 8 heteroatoms. The third kappa shape index (κ3) is 4.27. The van der Waals surface area contributed by atoms with Gasteiger partial charge in [-0.1, -0.05) is 12.8 Å². The van der Waals surface area contributed by atoms with Crippen LogP contribution >= 0.6 is 0 Å². The minimum Gasteiger partial charge on any atom is -0.341 e. The fraction of sp³-hybridized carbons (Fsp3) is 0.692. The molecule has 2 saturated heterocycles. The van der Waals surface area contributed by atoms with Crippen LogP contribution in [0.25, 0.3) is 0 Å². The van der Waals surface area contributed by atoms with Crippen LogP contribution in [0.2, 0.25) is 0 Å². The van der Waals surface area contributed by atoms with E-state index in [1.807, 2.05) is 0 Å². The predicted molar refractivity (Wildman–Crippen MR) is 133 cm³/mol. The Balaban J connectivity index is 1.27. The number of rotatable bonds is 5. The van der Waals surface area contributed by atoms with Crippen molar-refractivity contribution in [3.05, 3.63) is 23.0 Å². The highest BCUT2D eigenvalue weighted by Crippen LogP contribution is 2.35. The van der Waals surface area contributed by atoms with Gasteiger partial charge in [0.05, 0.1) is 5.69 Å². The van der Waals surface area contributed by atoms with Gasteiger partial charge in [0, 0.05) is 42.9 Å². The molecule has 0 unspecified atom stereocenters. The van der Waals surface area contributed by atoms with E-state index in [4.69, 9.17) is 9.97 Å².